The summed E-state index contributed by atoms with van der Waals surface area (Å²) in [6.07, 6.45) is 1.75. The number of hydrogen-bond donors (Lipinski definition) is 1. The maximum atomic E-state index is 11.5. The maximum absolute atomic E-state index is 11.5. The number of aliphatic carboxylic acids is 1. The summed E-state index contributed by atoms with van der Waals surface area (Å²) in [5, 5.41) is 8.66. The number of methoxy groups -OCH3 is 1. The first-order valence-corrected chi connectivity index (χ1v) is 4.71. The van der Waals surface area contributed by atoms with E-state index >= 15 is 0 Å². The summed E-state index contributed by atoms with van der Waals surface area (Å²) < 4.78 is 4.92. The molecular formula is C11H9ClO4. The van der Waals surface area contributed by atoms with Gasteiger partial charge in [0.1, 0.15) is 5.75 Å². The molecule has 0 aliphatic carbocycles. The van der Waals surface area contributed by atoms with Crippen molar-refractivity contribution < 1.29 is 19.4 Å². The third-order valence-electron chi connectivity index (χ3n) is 1.81. The quantitative estimate of drug-likeness (QED) is 0.647. The summed E-state index contributed by atoms with van der Waals surface area (Å²) >= 11 is 5.82. The van der Waals surface area contributed by atoms with Crippen molar-refractivity contribution >= 4 is 23.4 Å². The average molecular weight is 241 g/mol. The molecule has 4 nitrogen and oxygen atoms in total. The Kier molecular flexibility index (Phi) is 4.08. The van der Waals surface area contributed by atoms with E-state index in [9.17, 15) is 9.59 Å². The van der Waals surface area contributed by atoms with E-state index in [0.717, 1.165) is 12.2 Å². The number of ether oxygens (including phenoxy) is 1. The third-order valence-corrected chi connectivity index (χ3v) is 2.11. The molecule has 0 fully saturated rings. The number of carboxylic acids is 1. The highest BCUT2D eigenvalue weighted by Gasteiger charge is 2.06. The zero-order valence-electron chi connectivity index (χ0n) is 8.44. The first kappa shape index (κ1) is 12.3. The van der Waals surface area contributed by atoms with Crippen LogP contribution in [0.15, 0.2) is 30.4 Å². The van der Waals surface area contributed by atoms with Crippen molar-refractivity contribution in [3.63, 3.8) is 0 Å². The van der Waals surface area contributed by atoms with Crippen LogP contribution in [0.2, 0.25) is 5.02 Å². The number of carbonyl (C=O) groups excluding carboxylic acids is 1. The minimum Gasteiger partial charge on any atom is -0.495 e. The van der Waals surface area contributed by atoms with Crippen LogP contribution in [0.4, 0.5) is 0 Å². The van der Waals surface area contributed by atoms with Gasteiger partial charge in [0.05, 0.1) is 12.1 Å². The van der Waals surface area contributed by atoms with E-state index < -0.39 is 11.8 Å². The molecule has 0 saturated heterocycles. The van der Waals surface area contributed by atoms with Crippen LogP contribution < -0.4 is 4.74 Å². The molecule has 0 radical (unpaired) electrons. The number of hydrogen-bond acceptors (Lipinski definition) is 3. The summed E-state index contributed by atoms with van der Waals surface area (Å²) in [5.74, 6) is -1.14. The summed E-state index contributed by atoms with van der Waals surface area (Å²) in [5.41, 5.74) is 0.309. The molecule has 0 spiro atoms. The molecule has 0 bridgehead atoms. The Bertz CT molecular complexity index is 451. The molecule has 1 aromatic rings. The van der Waals surface area contributed by atoms with E-state index in [1.54, 1.807) is 6.07 Å². The van der Waals surface area contributed by atoms with Gasteiger partial charge in [-0.2, -0.15) is 0 Å². The van der Waals surface area contributed by atoms with Gasteiger partial charge in [-0.1, -0.05) is 11.6 Å². The van der Waals surface area contributed by atoms with Crippen LogP contribution in [0.25, 0.3) is 0 Å². The van der Waals surface area contributed by atoms with Crippen molar-refractivity contribution in [1.82, 2.24) is 0 Å². The second-order valence-electron chi connectivity index (χ2n) is 2.89. The van der Waals surface area contributed by atoms with Crippen LogP contribution in [0.5, 0.6) is 5.75 Å². The van der Waals surface area contributed by atoms with Crippen LogP contribution in [-0.2, 0) is 4.79 Å². The monoisotopic (exact) mass is 240 g/mol. The highest BCUT2D eigenvalue weighted by atomic mass is 35.5. The largest absolute Gasteiger partial charge is 0.495 e. The number of allylic oxidation sites excluding steroid dienone is 1. The fourth-order valence-corrected chi connectivity index (χ4v) is 1.32. The number of rotatable bonds is 4. The van der Waals surface area contributed by atoms with Crippen LogP contribution in [0.1, 0.15) is 10.4 Å². The molecule has 16 heavy (non-hydrogen) atoms. The Morgan fingerprint density at radius 3 is 2.56 bits per heavy atom. The highest BCUT2D eigenvalue weighted by molar-refractivity contribution is 6.32. The van der Waals surface area contributed by atoms with Gasteiger partial charge in [0.25, 0.3) is 0 Å². The molecule has 1 N–H and O–H groups in total. The van der Waals surface area contributed by atoms with Crippen LogP contribution >= 0.6 is 11.6 Å². The standard InChI is InChI=1S/C11H9ClO4/c1-16-10-4-2-7(6-8(10)12)9(13)3-5-11(14)15/h2-6H,1H3,(H,14,15). The lowest BCUT2D eigenvalue weighted by Gasteiger charge is -2.03. The van der Waals surface area contributed by atoms with Crippen LogP contribution in [0.3, 0.4) is 0 Å². The number of carboxylic acid groups (broad SMARTS) is 1. The second kappa shape index (κ2) is 5.32. The first-order chi connectivity index (χ1) is 7.54. The maximum Gasteiger partial charge on any atom is 0.328 e. The molecule has 5 heteroatoms. The van der Waals surface area contributed by atoms with E-state index in [2.05, 4.69) is 0 Å². The SMILES string of the molecule is COc1ccc(C(=O)C=CC(=O)O)cc1Cl. The summed E-state index contributed by atoms with van der Waals surface area (Å²) in [4.78, 5) is 21.7. The molecule has 1 rings (SSSR count). The Balaban J connectivity index is 2.93. The smallest absolute Gasteiger partial charge is 0.328 e. The van der Waals surface area contributed by atoms with Gasteiger partial charge in [-0.15, -0.1) is 0 Å². The minimum absolute atomic E-state index is 0.303. The first-order valence-electron chi connectivity index (χ1n) is 4.33. The molecule has 0 atom stereocenters. The predicted molar refractivity (Wildman–Crippen MR) is 59.1 cm³/mol. The number of carbonyl (C=O) groups is 2. The van der Waals surface area contributed by atoms with E-state index in [4.69, 9.17) is 21.4 Å². The highest BCUT2D eigenvalue weighted by Crippen LogP contribution is 2.25. The third kappa shape index (κ3) is 3.10. The van der Waals surface area contributed by atoms with Gasteiger partial charge < -0.3 is 9.84 Å². The molecule has 0 amide bonds. The summed E-state index contributed by atoms with van der Waals surface area (Å²) in [6.45, 7) is 0. The number of halogens is 1. The zero-order chi connectivity index (χ0) is 12.1. The predicted octanol–water partition coefficient (Wildman–Crippen LogP) is 2.17. The van der Waals surface area contributed by atoms with E-state index in [-0.39, 0.29) is 0 Å². The van der Waals surface area contributed by atoms with Gasteiger partial charge in [0.15, 0.2) is 5.78 Å². The number of benzene rings is 1. The Labute approximate surface area is 97.1 Å². The van der Waals surface area contributed by atoms with Gasteiger partial charge in [0.2, 0.25) is 0 Å². The van der Waals surface area contributed by atoms with E-state index in [1.165, 1.54) is 19.2 Å². The molecule has 1 aromatic carbocycles. The molecule has 0 aliphatic heterocycles. The molecule has 0 heterocycles. The van der Waals surface area contributed by atoms with Crippen LogP contribution in [-0.4, -0.2) is 24.0 Å². The fourth-order valence-electron chi connectivity index (χ4n) is 1.06. The Morgan fingerprint density at radius 2 is 2.06 bits per heavy atom. The lowest BCUT2D eigenvalue weighted by Crippen LogP contribution is -1.97. The van der Waals surface area contributed by atoms with Crippen molar-refractivity contribution in [3.8, 4) is 5.75 Å². The Hall–Kier alpha value is -1.81. The fraction of sp³-hybridized carbons (Fsp3) is 0.0909. The molecule has 0 unspecified atom stereocenters. The molecule has 0 saturated carbocycles. The summed E-state index contributed by atoms with van der Waals surface area (Å²) in [6, 6.07) is 4.48. The normalized spacial score (nSPS) is 10.4. The lowest BCUT2D eigenvalue weighted by atomic mass is 10.1. The van der Waals surface area contributed by atoms with Crippen molar-refractivity contribution in [3.05, 3.63) is 40.9 Å². The summed E-state index contributed by atoms with van der Waals surface area (Å²) in [7, 11) is 1.47. The number of ketones is 1. The zero-order valence-corrected chi connectivity index (χ0v) is 9.19. The van der Waals surface area contributed by atoms with Gasteiger partial charge in [-0.05, 0) is 24.3 Å². The molecular weight excluding hydrogens is 232 g/mol. The topological polar surface area (TPSA) is 63.6 Å². The average Bonchev–Trinajstić information content (AvgIpc) is 2.25. The van der Waals surface area contributed by atoms with E-state index in [1.807, 2.05) is 0 Å². The van der Waals surface area contributed by atoms with Crippen molar-refractivity contribution in [1.29, 1.82) is 0 Å². The van der Waals surface area contributed by atoms with Crippen molar-refractivity contribution in [2.75, 3.05) is 7.11 Å². The van der Waals surface area contributed by atoms with Crippen molar-refractivity contribution in [2.45, 2.75) is 0 Å². The lowest BCUT2D eigenvalue weighted by molar-refractivity contribution is -0.131. The van der Waals surface area contributed by atoms with Gasteiger partial charge in [-0.3, -0.25) is 4.79 Å². The van der Waals surface area contributed by atoms with E-state index in [0.29, 0.717) is 16.3 Å². The second-order valence-corrected chi connectivity index (χ2v) is 3.29. The van der Waals surface area contributed by atoms with Gasteiger partial charge >= 0.3 is 5.97 Å². The van der Waals surface area contributed by atoms with Gasteiger partial charge in [0, 0.05) is 11.6 Å². The molecule has 0 aliphatic rings. The van der Waals surface area contributed by atoms with Crippen molar-refractivity contribution in [2.24, 2.45) is 0 Å². The molecule has 0 aromatic heterocycles. The van der Waals surface area contributed by atoms with Crippen LogP contribution in [0, 0.1) is 0 Å². The Morgan fingerprint density at radius 1 is 1.38 bits per heavy atom. The molecule has 84 valence electrons. The van der Waals surface area contributed by atoms with Gasteiger partial charge in [-0.25, -0.2) is 4.79 Å². The minimum atomic E-state index is -1.17.